The fraction of sp³-hybridized carbons (Fsp3) is 0.269. The number of aromatic nitrogens is 2. The van der Waals surface area contributed by atoms with Gasteiger partial charge in [-0.15, -0.1) is 0 Å². The van der Waals surface area contributed by atoms with Crippen molar-refractivity contribution < 1.29 is 5.11 Å². The molecule has 0 amide bonds. The predicted octanol–water partition coefficient (Wildman–Crippen LogP) is 5.75. The van der Waals surface area contributed by atoms with Gasteiger partial charge in [0.05, 0.1) is 16.3 Å². The summed E-state index contributed by atoms with van der Waals surface area (Å²) in [5.41, 5.74) is 7.81. The zero-order chi connectivity index (χ0) is 21.8. The number of imidazole rings is 1. The Hall–Kier alpha value is -2.82. The van der Waals surface area contributed by atoms with Crippen LogP contribution in [-0.4, -0.2) is 21.0 Å². The molecule has 1 aliphatic rings. The van der Waals surface area contributed by atoms with Gasteiger partial charge >= 0.3 is 0 Å². The first kappa shape index (κ1) is 20.1. The van der Waals surface area contributed by atoms with E-state index in [1.54, 1.807) is 0 Å². The summed E-state index contributed by atoms with van der Waals surface area (Å²) in [7, 11) is 0. The van der Waals surface area contributed by atoms with Crippen LogP contribution in [0.15, 0.2) is 60.8 Å². The third-order valence-electron chi connectivity index (χ3n) is 6.26. The van der Waals surface area contributed by atoms with E-state index >= 15 is 0 Å². The predicted molar refractivity (Wildman–Crippen MR) is 127 cm³/mol. The lowest BCUT2D eigenvalue weighted by Crippen LogP contribution is -2.30. The lowest BCUT2D eigenvalue weighted by Gasteiger charge is -2.32. The van der Waals surface area contributed by atoms with Gasteiger partial charge in [-0.25, -0.2) is 4.98 Å². The number of hydrogen-bond acceptors (Lipinski definition) is 3. The quantitative estimate of drug-likeness (QED) is 0.448. The topological polar surface area (TPSA) is 40.8 Å². The Morgan fingerprint density at radius 3 is 2.65 bits per heavy atom. The molecule has 4 aromatic rings. The molecule has 4 nitrogen and oxygen atoms in total. The van der Waals surface area contributed by atoms with Crippen LogP contribution in [-0.2, 0) is 18.6 Å². The SMILES string of the molecule is Cc1c(-c2cc(N3CCc4cc(C(C)(C)O)ccc4C3)ccc2Cl)nc2ccccn12. The summed E-state index contributed by atoms with van der Waals surface area (Å²) in [6, 6.07) is 18.6. The van der Waals surface area contributed by atoms with Gasteiger partial charge in [-0.05, 0) is 74.2 Å². The molecule has 5 rings (SSSR count). The molecule has 0 saturated heterocycles. The lowest BCUT2D eigenvalue weighted by atomic mass is 9.91. The van der Waals surface area contributed by atoms with Gasteiger partial charge in [0, 0.05) is 36.2 Å². The number of rotatable bonds is 3. The summed E-state index contributed by atoms with van der Waals surface area (Å²) in [5, 5.41) is 11.0. The molecule has 1 N–H and O–H groups in total. The van der Waals surface area contributed by atoms with Crippen LogP contribution in [0.2, 0.25) is 5.02 Å². The Labute approximate surface area is 187 Å². The standard InChI is InChI=1S/C26H26ClN3O/c1-17-25(28-24-6-4-5-12-30(17)24)22-15-21(9-10-23(22)27)29-13-11-18-14-20(26(2,3)31)8-7-19(18)16-29/h4-10,12,14-15,31H,11,13,16H2,1-3H3. The fourth-order valence-electron chi connectivity index (χ4n) is 4.42. The summed E-state index contributed by atoms with van der Waals surface area (Å²) in [6.07, 6.45) is 2.98. The average Bonchev–Trinajstić information content (AvgIpc) is 3.09. The van der Waals surface area contributed by atoms with E-state index < -0.39 is 5.60 Å². The van der Waals surface area contributed by atoms with Gasteiger partial charge in [-0.1, -0.05) is 35.9 Å². The summed E-state index contributed by atoms with van der Waals surface area (Å²) in [6.45, 7) is 7.51. The second-order valence-corrected chi connectivity index (χ2v) is 9.26. The fourth-order valence-corrected chi connectivity index (χ4v) is 4.63. The Morgan fingerprint density at radius 1 is 1.03 bits per heavy atom. The molecule has 0 aliphatic carbocycles. The van der Waals surface area contributed by atoms with Crippen molar-refractivity contribution in [2.45, 2.75) is 39.3 Å². The number of pyridine rings is 1. The van der Waals surface area contributed by atoms with Gasteiger partial charge < -0.3 is 14.4 Å². The smallest absolute Gasteiger partial charge is 0.137 e. The van der Waals surface area contributed by atoms with Gasteiger partial charge in [0.25, 0.3) is 0 Å². The molecule has 5 heteroatoms. The molecule has 0 atom stereocenters. The van der Waals surface area contributed by atoms with Crippen molar-refractivity contribution in [2.24, 2.45) is 0 Å². The van der Waals surface area contributed by atoms with E-state index in [4.69, 9.17) is 16.6 Å². The molecule has 158 valence electrons. The summed E-state index contributed by atoms with van der Waals surface area (Å²) >= 11 is 6.62. The third-order valence-corrected chi connectivity index (χ3v) is 6.59. The first-order chi connectivity index (χ1) is 14.8. The molecule has 1 aliphatic heterocycles. The van der Waals surface area contributed by atoms with Crippen molar-refractivity contribution in [3.8, 4) is 11.3 Å². The van der Waals surface area contributed by atoms with E-state index in [0.717, 1.165) is 53.4 Å². The summed E-state index contributed by atoms with van der Waals surface area (Å²) < 4.78 is 2.09. The molecule has 2 aromatic carbocycles. The zero-order valence-corrected chi connectivity index (χ0v) is 18.8. The zero-order valence-electron chi connectivity index (χ0n) is 18.1. The first-order valence-electron chi connectivity index (χ1n) is 10.6. The number of nitrogens with zero attached hydrogens (tertiary/aromatic N) is 3. The van der Waals surface area contributed by atoms with Gasteiger partial charge in [-0.2, -0.15) is 0 Å². The number of anilines is 1. The van der Waals surface area contributed by atoms with E-state index in [1.165, 1.54) is 11.1 Å². The van der Waals surface area contributed by atoms with Crippen molar-refractivity contribution >= 4 is 22.9 Å². The molecule has 31 heavy (non-hydrogen) atoms. The highest BCUT2D eigenvalue weighted by Crippen LogP contribution is 2.35. The molecule has 2 aromatic heterocycles. The van der Waals surface area contributed by atoms with Gasteiger partial charge in [0.15, 0.2) is 0 Å². The minimum absolute atomic E-state index is 0.711. The largest absolute Gasteiger partial charge is 0.386 e. The van der Waals surface area contributed by atoms with Crippen LogP contribution in [0.25, 0.3) is 16.9 Å². The molecule has 0 saturated carbocycles. The number of fused-ring (bicyclic) bond motifs is 2. The minimum atomic E-state index is -0.816. The first-order valence-corrected chi connectivity index (χ1v) is 11.0. The van der Waals surface area contributed by atoms with E-state index in [0.29, 0.717) is 5.02 Å². The van der Waals surface area contributed by atoms with E-state index in [9.17, 15) is 5.11 Å². The van der Waals surface area contributed by atoms with Gasteiger partial charge in [0.1, 0.15) is 5.65 Å². The molecule has 0 spiro atoms. The maximum absolute atomic E-state index is 10.3. The number of aliphatic hydroxyl groups is 1. The number of aryl methyl sites for hydroxylation is 1. The Balaban J connectivity index is 1.49. The van der Waals surface area contributed by atoms with Crippen molar-refractivity contribution in [1.82, 2.24) is 9.38 Å². The normalized spacial score (nSPS) is 14.2. The van der Waals surface area contributed by atoms with Crippen molar-refractivity contribution in [3.63, 3.8) is 0 Å². The highest BCUT2D eigenvalue weighted by Gasteiger charge is 2.22. The Morgan fingerprint density at radius 2 is 1.87 bits per heavy atom. The van der Waals surface area contributed by atoms with Gasteiger partial charge in [-0.3, -0.25) is 0 Å². The van der Waals surface area contributed by atoms with Crippen LogP contribution in [0.4, 0.5) is 5.69 Å². The molecular weight excluding hydrogens is 406 g/mol. The monoisotopic (exact) mass is 431 g/mol. The second-order valence-electron chi connectivity index (χ2n) is 8.85. The van der Waals surface area contributed by atoms with Crippen molar-refractivity contribution in [1.29, 1.82) is 0 Å². The summed E-state index contributed by atoms with van der Waals surface area (Å²) in [5.74, 6) is 0. The molecule has 0 radical (unpaired) electrons. The molecule has 0 bridgehead atoms. The molecule has 3 heterocycles. The van der Waals surface area contributed by atoms with Crippen LogP contribution < -0.4 is 4.90 Å². The minimum Gasteiger partial charge on any atom is -0.386 e. The third kappa shape index (κ3) is 3.60. The lowest BCUT2D eigenvalue weighted by molar-refractivity contribution is 0.0785. The average molecular weight is 432 g/mol. The number of hydrogen-bond donors (Lipinski definition) is 1. The summed E-state index contributed by atoms with van der Waals surface area (Å²) in [4.78, 5) is 7.22. The van der Waals surface area contributed by atoms with Crippen LogP contribution in [0.5, 0.6) is 0 Å². The highest BCUT2D eigenvalue weighted by atomic mass is 35.5. The van der Waals surface area contributed by atoms with Crippen LogP contribution in [0.3, 0.4) is 0 Å². The molecular formula is C26H26ClN3O. The maximum Gasteiger partial charge on any atom is 0.137 e. The Bertz CT molecular complexity index is 1290. The van der Waals surface area contributed by atoms with Crippen LogP contribution in [0.1, 0.15) is 36.2 Å². The molecule has 0 unspecified atom stereocenters. The van der Waals surface area contributed by atoms with Gasteiger partial charge in [0.2, 0.25) is 0 Å². The van der Waals surface area contributed by atoms with Crippen LogP contribution in [0, 0.1) is 6.92 Å². The highest BCUT2D eigenvalue weighted by molar-refractivity contribution is 6.33. The van der Waals surface area contributed by atoms with Crippen LogP contribution >= 0.6 is 11.6 Å². The van der Waals surface area contributed by atoms with E-state index in [1.807, 2.05) is 50.4 Å². The van der Waals surface area contributed by atoms with E-state index in [-0.39, 0.29) is 0 Å². The Kier molecular flexibility index (Phi) is 4.80. The van der Waals surface area contributed by atoms with E-state index in [2.05, 4.69) is 40.5 Å². The van der Waals surface area contributed by atoms with Crippen molar-refractivity contribution in [2.75, 3.05) is 11.4 Å². The second kappa shape index (κ2) is 7.40. The maximum atomic E-state index is 10.3. The molecule has 0 fully saturated rings. The number of benzene rings is 2. The number of halogens is 1. The van der Waals surface area contributed by atoms with Crippen molar-refractivity contribution in [3.05, 3.63) is 88.2 Å².